The zero-order chi connectivity index (χ0) is 15.0. The van der Waals surface area contributed by atoms with Crippen molar-refractivity contribution in [1.29, 1.82) is 0 Å². The van der Waals surface area contributed by atoms with E-state index in [-0.39, 0.29) is 5.75 Å². The monoisotopic (exact) mass is 358 g/mol. The molecule has 0 aromatic heterocycles. The van der Waals surface area contributed by atoms with Crippen molar-refractivity contribution in [2.45, 2.75) is 19.5 Å². The van der Waals surface area contributed by atoms with Crippen LogP contribution in [0, 0.1) is 0 Å². The molecule has 1 unspecified atom stereocenters. The van der Waals surface area contributed by atoms with Crippen LogP contribution in [-0.2, 0) is 16.1 Å². The summed E-state index contributed by atoms with van der Waals surface area (Å²) in [6.07, 6.45) is 0. The molecule has 0 saturated heterocycles. The second-order valence-corrected chi connectivity index (χ2v) is 6.35. The summed E-state index contributed by atoms with van der Waals surface area (Å²) in [5.41, 5.74) is 1.07. The number of hydrogen-bond acceptors (Lipinski definition) is 5. The number of nitrogens with one attached hydrogen (secondary N) is 1. The molecule has 107 valence electrons. The van der Waals surface area contributed by atoms with Gasteiger partial charge in [-0.25, -0.2) is 0 Å². The SMILES string of the molecule is CC(=O)NC(CSC([Se])=NCc1ccccc1)C(=O)[O-]. The fourth-order valence-corrected chi connectivity index (χ4v) is 2.60. The quantitative estimate of drug-likeness (QED) is 0.431. The number of benzene rings is 1. The van der Waals surface area contributed by atoms with Crippen molar-refractivity contribution in [3.8, 4) is 0 Å². The summed E-state index contributed by atoms with van der Waals surface area (Å²) >= 11 is 4.01. The molecule has 0 aliphatic carbocycles. The molecular formula is C13H14N2O3SSe-. The van der Waals surface area contributed by atoms with Gasteiger partial charge in [-0.3, -0.25) is 0 Å². The van der Waals surface area contributed by atoms with E-state index in [9.17, 15) is 14.7 Å². The van der Waals surface area contributed by atoms with Gasteiger partial charge in [0.25, 0.3) is 0 Å². The van der Waals surface area contributed by atoms with Crippen LogP contribution in [0.25, 0.3) is 0 Å². The number of rotatable bonds is 6. The molecule has 0 saturated carbocycles. The van der Waals surface area contributed by atoms with E-state index in [2.05, 4.69) is 26.3 Å². The van der Waals surface area contributed by atoms with Crippen LogP contribution < -0.4 is 10.4 Å². The van der Waals surface area contributed by atoms with E-state index in [0.29, 0.717) is 10.5 Å². The summed E-state index contributed by atoms with van der Waals surface area (Å²) in [5.74, 6) is -1.53. The first-order chi connectivity index (χ1) is 9.49. The second-order valence-electron chi connectivity index (χ2n) is 3.95. The summed E-state index contributed by atoms with van der Waals surface area (Å²) in [7, 11) is 0. The van der Waals surface area contributed by atoms with Crippen LogP contribution in [-0.4, -0.2) is 43.6 Å². The second kappa shape index (κ2) is 8.79. The van der Waals surface area contributed by atoms with Crippen LogP contribution in [0.2, 0.25) is 0 Å². The average molecular weight is 357 g/mol. The summed E-state index contributed by atoms with van der Waals surface area (Å²) < 4.78 is 0.644. The van der Waals surface area contributed by atoms with E-state index in [0.717, 1.165) is 5.56 Å². The third kappa shape index (κ3) is 6.75. The van der Waals surface area contributed by atoms with Crippen molar-refractivity contribution >= 4 is 43.6 Å². The molecule has 1 aromatic rings. The van der Waals surface area contributed by atoms with Crippen molar-refractivity contribution < 1.29 is 14.7 Å². The molecule has 1 amide bonds. The molecule has 0 fully saturated rings. The van der Waals surface area contributed by atoms with Crippen molar-refractivity contribution in [2.75, 3.05) is 5.75 Å². The fourth-order valence-electron chi connectivity index (χ4n) is 1.35. The maximum absolute atomic E-state index is 10.9. The topological polar surface area (TPSA) is 81.6 Å². The summed E-state index contributed by atoms with van der Waals surface area (Å²) in [6, 6.07) is 8.69. The molecule has 1 rings (SSSR count). The third-order valence-corrected chi connectivity index (χ3v) is 4.16. The summed E-state index contributed by atoms with van der Waals surface area (Å²) in [4.78, 5) is 26.0. The van der Waals surface area contributed by atoms with Crippen LogP contribution in [0.3, 0.4) is 0 Å². The first kappa shape index (κ1) is 16.8. The zero-order valence-corrected chi connectivity index (χ0v) is 13.4. The number of carbonyl (C=O) groups excluding carboxylic acids is 2. The first-order valence-corrected chi connectivity index (χ1v) is 7.69. The molecule has 1 aromatic carbocycles. The number of carbonyl (C=O) groups is 2. The Hall–Kier alpha value is -1.30. The van der Waals surface area contributed by atoms with Crippen LogP contribution in [0.4, 0.5) is 0 Å². The molecule has 0 aliphatic rings. The minimum absolute atomic E-state index is 0.169. The Morgan fingerprint density at radius 3 is 2.60 bits per heavy atom. The Balaban J connectivity index is 2.46. The molecule has 0 heterocycles. The average Bonchev–Trinajstić information content (AvgIpc) is 2.41. The van der Waals surface area contributed by atoms with Gasteiger partial charge in [0.05, 0.1) is 0 Å². The molecule has 1 atom stereocenters. The number of aliphatic carboxylic acids is 1. The molecule has 7 heteroatoms. The predicted octanol–water partition coefficient (Wildman–Crippen LogP) is -0.301. The molecule has 0 spiro atoms. The number of nitrogens with zero attached hydrogens (tertiary/aromatic N) is 1. The summed E-state index contributed by atoms with van der Waals surface area (Å²) in [5, 5.41) is 13.2. The molecule has 20 heavy (non-hydrogen) atoms. The maximum atomic E-state index is 10.9. The number of carboxylic acids is 1. The van der Waals surface area contributed by atoms with Crippen LogP contribution >= 0.6 is 11.8 Å². The van der Waals surface area contributed by atoms with Gasteiger partial charge in [-0.15, -0.1) is 0 Å². The number of hydrogen-bond donors (Lipinski definition) is 1. The molecule has 1 radical (unpaired) electrons. The van der Waals surface area contributed by atoms with Crippen molar-refractivity contribution in [1.82, 2.24) is 5.32 Å². The number of carboxylic acid groups (broad SMARTS) is 1. The Kier molecular flexibility index (Phi) is 7.36. The molecular weight excluding hydrogens is 343 g/mol. The predicted molar refractivity (Wildman–Crippen MR) is 78.4 cm³/mol. The van der Waals surface area contributed by atoms with E-state index in [1.807, 2.05) is 30.3 Å². The number of thioether (sulfide) groups is 1. The fraction of sp³-hybridized carbons (Fsp3) is 0.308. The van der Waals surface area contributed by atoms with Gasteiger partial charge in [0, 0.05) is 0 Å². The zero-order valence-electron chi connectivity index (χ0n) is 10.9. The minimum atomic E-state index is -1.30. The number of aliphatic imine (C=N–C) groups is 1. The van der Waals surface area contributed by atoms with Crippen molar-refractivity contribution in [3.05, 3.63) is 35.9 Å². The molecule has 0 aliphatic heterocycles. The van der Waals surface area contributed by atoms with Crippen LogP contribution in [0.1, 0.15) is 12.5 Å². The molecule has 5 nitrogen and oxygen atoms in total. The van der Waals surface area contributed by atoms with Gasteiger partial charge in [0.2, 0.25) is 0 Å². The van der Waals surface area contributed by atoms with Gasteiger partial charge in [0.15, 0.2) is 0 Å². The van der Waals surface area contributed by atoms with Gasteiger partial charge < -0.3 is 0 Å². The van der Waals surface area contributed by atoms with Gasteiger partial charge in [-0.1, -0.05) is 0 Å². The Morgan fingerprint density at radius 1 is 1.40 bits per heavy atom. The number of amides is 1. The van der Waals surface area contributed by atoms with Gasteiger partial charge >= 0.3 is 130 Å². The Bertz CT molecular complexity index is 494. The van der Waals surface area contributed by atoms with E-state index in [4.69, 9.17) is 0 Å². The van der Waals surface area contributed by atoms with Crippen molar-refractivity contribution in [2.24, 2.45) is 4.99 Å². The van der Waals surface area contributed by atoms with E-state index < -0.39 is 17.9 Å². The molecule has 0 bridgehead atoms. The van der Waals surface area contributed by atoms with E-state index >= 15 is 0 Å². The molecule has 1 N–H and O–H groups in total. The van der Waals surface area contributed by atoms with Crippen LogP contribution in [0.5, 0.6) is 0 Å². The van der Waals surface area contributed by atoms with E-state index in [1.54, 1.807) is 0 Å². The van der Waals surface area contributed by atoms with Gasteiger partial charge in [-0.2, -0.15) is 0 Å². The Morgan fingerprint density at radius 2 is 2.05 bits per heavy atom. The summed E-state index contributed by atoms with van der Waals surface area (Å²) in [6.45, 7) is 1.79. The first-order valence-electron chi connectivity index (χ1n) is 5.85. The van der Waals surface area contributed by atoms with Crippen molar-refractivity contribution in [3.63, 3.8) is 0 Å². The standard InChI is InChI=1S/C13H15N2O3SSe/c1-9(16)15-11(12(17)18)8-19-13(20)14-7-10-5-3-2-4-6-10/h2-6,11H,7-8H2,1H3,(H,15,16)(H,17,18)/p-1. The Labute approximate surface area is 130 Å². The van der Waals surface area contributed by atoms with Gasteiger partial charge in [-0.05, 0) is 0 Å². The van der Waals surface area contributed by atoms with Crippen LogP contribution in [0.15, 0.2) is 35.3 Å². The van der Waals surface area contributed by atoms with E-state index in [1.165, 1.54) is 18.7 Å². The third-order valence-electron chi connectivity index (χ3n) is 2.27. The normalized spacial score (nSPS) is 12.8. The van der Waals surface area contributed by atoms with Gasteiger partial charge in [0.1, 0.15) is 0 Å².